The van der Waals surface area contributed by atoms with Crippen molar-refractivity contribution in [2.45, 2.75) is 44.9 Å². The van der Waals surface area contributed by atoms with Crippen LogP contribution in [-0.2, 0) is 9.53 Å². The third-order valence-electron chi connectivity index (χ3n) is 4.36. The van der Waals surface area contributed by atoms with Gasteiger partial charge in [-0.2, -0.15) is 0 Å². The molecule has 2 amide bonds. The molecule has 2 aromatic carbocycles. The van der Waals surface area contributed by atoms with E-state index in [1.54, 1.807) is 45.0 Å². The monoisotopic (exact) mass is 397 g/mol. The maximum absolute atomic E-state index is 12.8. The molecule has 2 aromatic rings. The summed E-state index contributed by atoms with van der Waals surface area (Å²) in [5.74, 6) is 1.10. The van der Waals surface area contributed by atoms with Gasteiger partial charge in [0, 0.05) is 18.3 Å². The first-order valence-corrected chi connectivity index (χ1v) is 9.60. The molecule has 0 aliphatic carbocycles. The number of rotatable bonds is 4. The van der Waals surface area contributed by atoms with E-state index in [0.717, 1.165) is 5.75 Å². The second-order valence-corrected chi connectivity index (χ2v) is 8.07. The number of benzene rings is 2. The number of hydrogen-bond acceptors (Lipinski definition) is 5. The summed E-state index contributed by atoms with van der Waals surface area (Å²) in [6.45, 7) is 5.65. The van der Waals surface area contributed by atoms with Crippen LogP contribution in [-0.4, -0.2) is 41.1 Å². The van der Waals surface area contributed by atoms with Gasteiger partial charge in [-0.3, -0.25) is 9.69 Å². The summed E-state index contributed by atoms with van der Waals surface area (Å²) in [5, 5.41) is 2.84. The van der Waals surface area contributed by atoms with Crippen molar-refractivity contribution in [1.29, 1.82) is 0 Å². The van der Waals surface area contributed by atoms with Gasteiger partial charge in [0.25, 0.3) is 0 Å². The highest BCUT2D eigenvalue weighted by atomic mass is 16.6. The first-order valence-electron chi connectivity index (χ1n) is 9.60. The van der Waals surface area contributed by atoms with Crippen molar-refractivity contribution in [3.63, 3.8) is 0 Å². The Morgan fingerprint density at radius 1 is 1.03 bits per heavy atom. The van der Waals surface area contributed by atoms with Crippen LogP contribution in [0.1, 0.15) is 27.2 Å². The van der Waals surface area contributed by atoms with Gasteiger partial charge in [-0.15, -0.1) is 0 Å². The van der Waals surface area contributed by atoms with Crippen LogP contribution < -0.4 is 15.8 Å². The first-order chi connectivity index (χ1) is 13.7. The summed E-state index contributed by atoms with van der Waals surface area (Å²) in [7, 11) is 0. The molecule has 0 aromatic heterocycles. The summed E-state index contributed by atoms with van der Waals surface area (Å²) in [4.78, 5) is 26.6. The third kappa shape index (κ3) is 5.71. The topological polar surface area (TPSA) is 93.9 Å². The predicted octanol–water partition coefficient (Wildman–Crippen LogP) is 3.75. The second kappa shape index (κ2) is 8.53. The van der Waals surface area contributed by atoms with Gasteiger partial charge in [0.05, 0.1) is 0 Å². The Kier molecular flexibility index (Phi) is 6.08. The quantitative estimate of drug-likeness (QED) is 0.819. The SMILES string of the molecule is CC(C)(C)OC(=O)N1C[C@H](N)C[C@H]1C(=O)Nc1ccc(Oc2ccccc2)cc1. The lowest BCUT2D eigenvalue weighted by atomic mass is 10.1. The summed E-state index contributed by atoms with van der Waals surface area (Å²) in [6.07, 6.45) is -0.141. The highest BCUT2D eigenvalue weighted by molar-refractivity contribution is 5.97. The van der Waals surface area contributed by atoms with Crippen LogP contribution in [0.3, 0.4) is 0 Å². The van der Waals surface area contributed by atoms with E-state index in [-0.39, 0.29) is 18.5 Å². The van der Waals surface area contributed by atoms with E-state index in [0.29, 0.717) is 17.9 Å². The van der Waals surface area contributed by atoms with Gasteiger partial charge in [0.1, 0.15) is 23.1 Å². The Morgan fingerprint density at radius 2 is 1.66 bits per heavy atom. The number of carbonyl (C=O) groups excluding carboxylic acids is 2. The van der Waals surface area contributed by atoms with Crippen molar-refractivity contribution in [1.82, 2.24) is 4.90 Å². The number of para-hydroxylation sites is 1. The molecule has 0 saturated carbocycles. The number of likely N-dealkylation sites (tertiary alicyclic amines) is 1. The Morgan fingerprint density at radius 3 is 2.28 bits per heavy atom. The number of nitrogens with one attached hydrogen (secondary N) is 1. The number of ether oxygens (including phenoxy) is 2. The smallest absolute Gasteiger partial charge is 0.411 e. The highest BCUT2D eigenvalue weighted by Crippen LogP contribution is 2.25. The molecule has 1 fully saturated rings. The zero-order chi connectivity index (χ0) is 21.0. The second-order valence-electron chi connectivity index (χ2n) is 8.07. The first kappa shape index (κ1) is 20.7. The molecule has 1 saturated heterocycles. The van der Waals surface area contributed by atoms with Crippen molar-refractivity contribution in [2.75, 3.05) is 11.9 Å². The van der Waals surface area contributed by atoms with Crippen LogP contribution in [0.2, 0.25) is 0 Å². The molecular formula is C22H27N3O4. The van der Waals surface area contributed by atoms with Gasteiger partial charge in [0.15, 0.2) is 0 Å². The fraction of sp³-hybridized carbons (Fsp3) is 0.364. The average molecular weight is 397 g/mol. The zero-order valence-corrected chi connectivity index (χ0v) is 16.9. The van der Waals surface area contributed by atoms with E-state index < -0.39 is 17.7 Å². The fourth-order valence-corrected chi connectivity index (χ4v) is 3.10. The Balaban J connectivity index is 1.63. The Hall–Kier alpha value is -3.06. The van der Waals surface area contributed by atoms with Crippen LogP contribution in [0.5, 0.6) is 11.5 Å². The van der Waals surface area contributed by atoms with E-state index >= 15 is 0 Å². The number of hydrogen-bond donors (Lipinski definition) is 2. The van der Waals surface area contributed by atoms with Crippen molar-refractivity contribution in [3.05, 3.63) is 54.6 Å². The molecule has 0 radical (unpaired) electrons. The lowest BCUT2D eigenvalue weighted by Gasteiger charge is -2.28. The van der Waals surface area contributed by atoms with Gasteiger partial charge >= 0.3 is 6.09 Å². The maximum atomic E-state index is 12.8. The number of anilines is 1. The molecule has 3 N–H and O–H groups in total. The summed E-state index contributed by atoms with van der Waals surface area (Å²) >= 11 is 0. The Labute approximate surface area is 170 Å². The zero-order valence-electron chi connectivity index (χ0n) is 16.9. The van der Waals surface area contributed by atoms with Gasteiger partial charge in [-0.05, 0) is 63.6 Å². The van der Waals surface area contributed by atoms with Crippen molar-refractivity contribution < 1.29 is 19.1 Å². The molecule has 1 aliphatic heterocycles. The minimum atomic E-state index is -0.667. The number of amides is 2. The van der Waals surface area contributed by atoms with Gasteiger partial charge in [-0.25, -0.2) is 4.79 Å². The molecule has 1 heterocycles. The molecule has 154 valence electrons. The highest BCUT2D eigenvalue weighted by Gasteiger charge is 2.40. The largest absolute Gasteiger partial charge is 0.457 e. The van der Waals surface area contributed by atoms with Gasteiger partial charge in [0.2, 0.25) is 5.91 Å². The molecule has 0 spiro atoms. The summed E-state index contributed by atoms with van der Waals surface area (Å²) < 4.78 is 11.2. The number of nitrogens with two attached hydrogens (primary N) is 1. The van der Waals surface area contributed by atoms with Crippen molar-refractivity contribution in [2.24, 2.45) is 5.73 Å². The van der Waals surface area contributed by atoms with Crippen molar-refractivity contribution in [3.8, 4) is 11.5 Å². The lowest BCUT2D eigenvalue weighted by Crippen LogP contribution is -2.45. The predicted molar refractivity (Wildman–Crippen MR) is 111 cm³/mol. The van der Waals surface area contributed by atoms with Crippen LogP contribution >= 0.6 is 0 Å². The van der Waals surface area contributed by atoms with Crippen LogP contribution in [0.4, 0.5) is 10.5 Å². The van der Waals surface area contributed by atoms with Gasteiger partial charge < -0.3 is 20.5 Å². The minimum Gasteiger partial charge on any atom is -0.457 e. The normalized spacial score (nSPS) is 19.0. The summed E-state index contributed by atoms with van der Waals surface area (Å²) in [6, 6.07) is 15.6. The summed E-state index contributed by atoms with van der Waals surface area (Å²) in [5.41, 5.74) is 5.97. The molecule has 0 bridgehead atoms. The lowest BCUT2D eigenvalue weighted by molar-refractivity contribution is -0.120. The molecule has 1 aliphatic rings. The van der Waals surface area contributed by atoms with Crippen molar-refractivity contribution >= 4 is 17.7 Å². The fourth-order valence-electron chi connectivity index (χ4n) is 3.10. The molecule has 7 nitrogen and oxygen atoms in total. The Bertz CT molecular complexity index is 847. The molecule has 29 heavy (non-hydrogen) atoms. The maximum Gasteiger partial charge on any atom is 0.411 e. The van der Waals surface area contributed by atoms with E-state index in [9.17, 15) is 9.59 Å². The molecule has 3 rings (SSSR count). The van der Waals surface area contributed by atoms with E-state index in [4.69, 9.17) is 15.2 Å². The third-order valence-corrected chi connectivity index (χ3v) is 4.36. The van der Waals surface area contributed by atoms with E-state index in [1.807, 2.05) is 30.3 Å². The molecular weight excluding hydrogens is 370 g/mol. The van der Waals surface area contributed by atoms with Crippen LogP contribution in [0.25, 0.3) is 0 Å². The van der Waals surface area contributed by atoms with Crippen LogP contribution in [0.15, 0.2) is 54.6 Å². The molecule has 0 unspecified atom stereocenters. The van der Waals surface area contributed by atoms with Crippen LogP contribution in [0, 0.1) is 0 Å². The van der Waals surface area contributed by atoms with E-state index in [2.05, 4.69) is 5.32 Å². The number of carbonyl (C=O) groups is 2. The minimum absolute atomic E-state index is 0.264. The number of nitrogens with zero attached hydrogens (tertiary/aromatic N) is 1. The molecule has 7 heteroatoms. The standard InChI is InChI=1S/C22H27N3O4/c1-22(2,3)29-21(27)25-14-15(23)13-19(25)20(26)24-16-9-11-18(12-10-16)28-17-7-5-4-6-8-17/h4-12,15,19H,13-14,23H2,1-3H3,(H,24,26)/t15-,19+/m1/s1. The molecule has 2 atom stereocenters. The van der Waals surface area contributed by atoms with E-state index in [1.165, 1.54) is 4.90 Å². The van der Waals surface area contributed by atoms with Gasteiger partial charge in [-0.1, -0.05) is 18.2 Å². The average Bonchev–Trinajstić information content (AvgIpc) is 3.05.